The molecule has 0 spiro atoms. The molecule has 0 radical (unpaired) electrons. The first-order chi connectivity index (χ1) is 18.0. The highest BCUT2D eigenvalue weighted by molar-refractivity contribution is 8.04. The van der Waals surface area contributed by atoms with Crippen molar-refractivity contribution in [2.24, 2.45) is 0 Å². The largest absolute Gasteiger partial charge is 0.352 e. The van der Waals surface area contributed by atoms with Gasteiger partial charge in [0.1, 0.15) is 0 Å². The molecule has 0 aromatic heterocycles. The summed E-state index contributed by atoms with van der Waals surface area (Å²) in [6.45, 7) is 10.7. The van der Waals surface area contributed by atoms with Crippen molar-refractivity contribution in [2.75, 3.05) is 31.1 Å². The van der Waals surface area contributed by atoms with Gasteiger partial charge in [0.25, 0.3) is 11.8 Å². The predicted octanol–water partition coefficient (Wildman–Crippen LogP) is 4.72. The maximum Gasteiger partial charge on any atom is 0.265 e. The van der Waals surface area contributed by atoms with Gasteiger partial charge in [-0.05, 0) is 56.2 Å². The summed E-state index contributed by atoms with van der Waals surface area (Å²) in [6, 6.07) is 23.8. The maximum atomic E-state index is 13.7. The van der Waals surface area contributed by atoms with Gasteiger partial charge >= 0.3 is 0 Å². The Kier molecular flexibility index (Phi) is 9.20. The average molecular weight is 515 g/mol. The third kappa shape index (κ3) is 6.90. The lowest BCUT2D eigenvalue weighted by atomic mass is 10.1. The summed E-state index contributed by atoms with van der Waals surface area (Å²) in [7, 11) is 0. The van der Waals surface area contributed by atoms with Crippen LogP contribution >= 0.6 is 11.8 Å². The fourth-order valence-electron chi connectivity index (χ4n) is 4.55. The van der Waals surface area contributed by atoms with Crippen molar-refractivity contribution in [1.29, 1.82) is 0 Å². The Bertz CT molecular complexity index is 1270. The standard InChI is InChI=1S/C31H35N3O2S/c1-4-33(5-2)18-10-17-32-30(35)26-15-16-28-27(21-26)34(22-25-14-9-11-23(3)19-25)31(36)29(37-28)20-24-12-7-6-8-13-24/h6-9,11-16,19-21H,4-5,10,17-18,22H2,1-3H3,(H,32,35)/p+1. The van der Waals surface area contributed by atoms with E-state index < -0.39 is 0 Å². The van der Waals surface area contributed by atoms with Gasteiger partial charge in [-0.15, -0.1) is 0 Å². The zero-order valence-corrected chi connectivity index (χ0v) is 22.7. The molecular weight excluding hydrogens is 478 g/mol. The van der Waals surface area contributed by atoms with Crippen molar-refractivity contribution >= 4 is 35.3 Å². The van der Waals surface area contributed by atoms with Crippen LogP contribution in [0.15, 0.2) is 82.6 Å². The fraction of sp³-hybridized carbons (Fsp3) is 0.290. The van der Waals surface area contributed by atoms with Crippen LogP contribution in [0.2, 0.25) is 0 Å². The molecule has 0 fully saturated rings. The third-order valence-electron chi connectivity index (χ3n) is 6.70. The van der Waals surface area contributed by atoms with Crippen LogP contribution < -0.4 is 15.1 Å². The number of fused-ring (bicyclic) bond motifs is 1. The molecule has 0 atom stereocenters. The number of amides is 2. The van der Waals surface area contributed by atoms with Crippen LogP contribution in [0.3, 0.4) is 0 Å². The van der Waals surface area contributed by atoms with E-state index in [0.717, 1.165) is 53.3 Å². The lowest BCUT2D eigenvalue weighted by molar-refractivity contribution is -0.896. The summed E-state index contributed by atoms with van der Waals surface area (Å²) >= 11 is 1.46. The van der Waals surface area contributed by atoms with Crippen LogP contribution in [0.5, 0.6) is 0 Å². The molecule has 0 saturated carbocycles. The van der Waals surface area contributed by atoms with E-state index in [2.05, 4.69) is 38.2 Å². The molecule has 5 nitrogen and oxygen atoms in total. The molecule has 1 aliphatic rings. The van der Waals surface area contributed by atoms with Crippen LogP contribution in [0.25, 0.3) is 6.08 Å². The Morgan fingerprint density at radius 1 is 1.00 bits per heavy atom. The Morgan fingerprint density at radius 3 is 2.51 bits per heavy atom. The van der Waals surface area contributed by atoms with Gasteiger partial charge in [0.15, 0.2) is 0 Å². The van der Waals surface area contributed by atoms with Crippen LogP contribution in [0, 0.1) is 6.92 Å². The molecule has 0 unspecified atom stereocenters. The van der Waals surface area contributed by atoms with E-state index in [1.165, 1.54) is 16.7 Å². The van der Waals surface area contributed by atoms with Gasteiger partial charge in [0.2, 0.25) is 0 Å². The molecular formula is C31H36N3O2S+. The van der Waals surface area contributed by atoms with Crippen LogP contribution in [0.1, 0.15) is 47.3 Å². The van der Waals surface area contributed by atoms with E-state index in [0.29, 0.717) is 23.6 Å². The van der Waals surface area contributed by atoms with Crippen molar-refractivity contribution in [2.45, 2.75) is 38.6 Å². The quantitative estimate of drug-likeness (QED) is 0.304. The molecule has 2 amide bonds. The number of carbonyl (C=O) groups excluding carboxylic acids is 2. The summed E-state index contributed by atoms with van der Waals surface area (Å²) in [6.07, 6.45) is 2.88. The Labute approximate surface area is 224 Å². The van der Waals surface area contributed by atoms with Crippen LogP contribution in [-0.2, 0) is 11.3 Å². The fourth-order valence-corrected chi connectivity index (χ4v) is 5.59. The molecule has 192 valence electrons. The monoisotopic (exact) mass is 514 g/mol. The smallest absolute Gasteiger partial charge is 0.265 e. The number of nitrogens with one attached hydrogen (secondary N) is 2. The number of benzene rings is 3. The number of anilines is 1. The molecule has 37 heavy (non-hydrogen) atoms. The van der Waals surface area contributed by atoms with Gasteiger partial charge in [0, 0.05) is 23.4 Å². The van der Waals surface area contributed by atoms with E-state index in [-0.39, 0.29) is 11.8 Å². The van der Waals surface area contributed by atoms with Gasteiger partial charge in [-0.2, -0.15) is 0 Å². The first kappa shape index (κ1) is 26.7. The van der Waals surface area contributed by atoms with Gasteiger partial charge in [-0.3, -0.25) is 9.59 Å². The number of rotatable bonds is 10. The van der Waals surface area contributed by atoms with Crippen molar-refractivity contribution in [1.82, 2.24) is 5.32 Å². The molecule has 0 aliphatic carbocycles. The lowest BCUT2D eigenvalue weighted by Crippen LogP contribution is -3.11. The lowest BCUT2D eigenvalue weighted by Gasteiger charge is -2.31. The number of thioether (sulfide) groups is 1. The second-order valence-corrected chi connectivity index (χ2v) is 10.5. The Hall–Kier alpha value is -3.35. The van der Waals surface area contributed by atoms with E-state index in [1.54, 1.807) is 4.90 Å². The first-order valence-corrected chi connectivity index (χ1v) is 13.9. The molecule has 6 heteroatoms. The molecule has 0 bridgehead atoms. The average Bonchev–Trinajstić information content (AvgIpc) is 2.91. The van der Waals surface area contributed by atoms with Gasteiger partial charge in [-0.25, -0.2) is 0 Å². The van der Waals surface area contributed by atoms with Crippen LogP contribution in [-0.4, -0.2) is 38.0 Å². The number of quaternary nitrogens is 1. The summed E-state index contributed by atoms with van der Waals surface area (Å²) < 4.78 is 0. The van der Waals surface area contributed by atoms with E-state index >= 15 is 0 Å². The van der Waals surface area contributed by atoms with Gasteiger partial charge in [0.05, 0.1) is 36.8 Å². The van der Waals surface area contributed by atoms with Crippen molar-refractivity contribution in [3.8, 4) is 0 Å². The molecule has 1 heterocycles. The zero-order chi connectivity index (χ0) is 26.2. The van der Waals surface area contributed by atoms with Gasteiger partial charge in [-0.1, -0.05) is 71.9 Å². The minimum Gasteiger partial charge on any atom is -0.352 e. The minimum absolute atomic E-state index is 0.0531. The highest BCUT2D eigenvalue weighted by Crippen LogP contribution is 2.43. The maximum absolute atomic E-state index is 13.7. The molecule has 3 aromatic rings. The summed E-state index contributed by atoms with van der Waals surface area (Å²) in [5, 5.41) is 3.06. The number of aryl methyl sites for hydroxylation is 1. The van der Waals surface area contributed by atoms with E-state index in [9.17, 15) is 9.59 Å². The third-order valence-corrected chi connectivity index (χ3v) is 7.78. The number of carbonyl (C=O) groups is 2. The second-order valence-electron chi connectivity index (χ2n) is 9.40. The second kappa shape index (κ2) is 12.7. The molecule has 3 aromatic carbocycles. The Balaban J connectivity index is 1.59. The highest BCUT2D eigenvalue weighted by Gasteiger charge is 2.30. The SMILES string of the molecule is CC[NH+](CC)CCCNC(=O)c1ccc2c(c1)N(Cc1cccc(C)c1)C(=O)C(=Cc1ccccc1)S2. The van der Waals surface area contributed by atoms with E-state index in [1.807, 2.05) is 66.7 Å². The summed E-state index contributed by atoms with van der Waals surface area (Å²) in [5.74, 6) is -0.154. The highest BCUT2D eigenvalue weighted by atomic mass is 32.2. The normalized spacial score (nSPS) is 14.2. The predicted molar refractivity (Wildman–Crippen MR) is 153 cm³/mol. The van der Waals surface area contributed by atoms with Gasteiger partial charge < -0.3 is 15.1 Å². The van der Waals surface area contributed by atoms with Crippen molar-refractivity contribution < 1.29 is 14.5 Å². The molecule has 1 aliphatic heterocycles. The minimum atomic E-state index is -0.101. The molecule has 0 saturated heterocycles. The molecule has 2 N–H and O–H groups in total. The van der Waals surface area contributed by atoms with Crippen LogP contribution in [0.4, 0.5) is 5.69 Å². The molecule has 4 rings (SSSR count). The first-order valence-electron chi connectivity index (χ1n) is 13.1. The number of hydrogen-bond donors (Lipinski definition) is 2. The van der Waals surface area contributed by atoms with Crippen molar-refractivity contribution in [3.63, 3.8) is 0 Å². The summed E-state index contributed by atoms with van der Waals surface area (Å²) in [5.41, 5.74) is 4.55. The number of hydrogen-bond acceptors (Lipinski definition) is 3. The summed E-state index contributed by atoms with van der Waals surface area (Å²) in [4.78, 5) is 31.7. The topological polar surface area (TPSA) is 53.9 Å². The van der Waals surface area contributed by atoms with E-state index in [4.69, 9.17) is 0 Å². The number of nitrogens with zero attached hydrogens (tertiary/aromatic N) is 1. The Morgan fingerprint density at radius 2 is 1.78 bits per heavy atom. The van der Waals surface area contributed by atoms with Crippen molar-refractivity contribution in [3.05, 3.63) is 100.0 Å². The zero-order valence-electron chi connectivity index (χ0n) is 21.9.